The van der Waals surface area contributed by atoms with Crippen molar-refractivity contribution in [1.29, 1.82) is 0 Å². The number of carbonyl (C=O) groups excluding carboxylic acids is 1. The molecule has 3 rings (SSSR count). The van der Waals surface area contributed by atoms with Gasteiger partial charge in [0.05, 0.1) is 6.54 Å². The summed E-state index contributed by atoms with van der Waals surface area (Å²) in [6.45, 7) is 2.46. The van der Waals surface area contributed by atoms with E-state index in [0.717, 1.165) is 10.9 Å². The summed E-state index contributed by atoms with van der Waals surface area (Å²) in [6, 6.07) is 7.60. The summed E-state index contributed by atoms with van der Waals surface area (Å²) in [7, 11) is 0. The number of fused-ring (bicyclic) bond motifs is 1. The molecule has 1 aromatic carbocycles. The van der Waals surface area contributed by atoms with E-state index in [0.29, 0.717) is 12.1 Å². The average Bonchev–Trinajstić information content (AvgIpc) is 2.98. The molecule has 2 N–H and O–H groups in total. The van der Waals surface area contributed by atoms with Crippen LogP contribution in [0.3, 0.4) is 0 Å². The number of nitrogens with zero attached hydrogens (tertiary/aromatic N) is 2. The van der Waals surface area contributed by atoms with Crippen LogP contribution in [0, 0.1) is 0 Å². The Morgan fingerprint density at radius 2 is 2.18 bits per heavy atom. The summed E-state index contributed by atoms with van der Waals surface area (Å²) in [5.74, 6) is 0.100. The number of H-pyrrole nitrogens is 1. The lowest BCUT2D eigenvalue weighted by atomic mass is 10.1. The largest absolute Gasteiger partial charge is 0.360 e. The number of aromatic nitrogens is 3. The maximum absolute atomic E-state index is 12.3. The summed E-state index contributed by atoms with van der Waals surface area (Å²) < 4.78 is 1.53. The number of ketones is 1. The topological polar surface area (TPSA) is 79.8 Å². The van der Waals surface area contributed by atoms with E-state index in [1.165, 1.54) is 4.57 Å². The van der Waals surface area contributed by atoms with Gasteiger partial charge in [-0.1, -0.05) is 18.2 Å². The number of aromatic amines is 1. The van der Waals surface area contributed by atoms with Crippen molar-refractivity contribution in [2.24, 2.45) is 0 Å². The number of aryl methyl sites for hydroxylation is 1. The van der Waals surface area contributed by atoms with E-state index in [4.69, 9.17) is 0 Å². The lowest BCUT2D eigenvalue weighted by molar-refractivity contribution is 0.101. The third kappa shape index (κ3) is 2.50. The van der Waals surface area contributed by atoms with Crippen molar-refractivity contribution in [3.8, 4) is 0 Å². The second-order valence-electron chi connectivity index (χ2n) is 4.89. The molecule has 0 fully saturated rings. The molecule has 6 nitrogen and oxygen atoms in total. The number of para-hydroxylation sites is 1. The second-order valence-corrected chi connectivity index (χ2v) is 4.89. The number of rotatable bonds is 5. The molecule has 3 aromatic rings. The van der Waals surface area contributed by atoms with E-state index >= 15 is 0 Å². The Labute approximate surface area is 126 Å². The normalized spacial score (nSPS) is 10.8. The summed E-state index contributed by atoms with van der Waals surface area (Å²) in [5.41, 5.74) is 1.29. The van der Waals surface area contributed by atoms with Gasteiger partial charge in [0.15, 0.2) is 11.6 Å². The van der Waals surface area contributed by atoms with Crippen LogP contribution in [0.15, 0.2) is 47.7 Å². The lowest BCUT2D eigenvalue weighted by Gasteiger charge is -2.06. The molecule has 0 unspecified atom stereocenters. The molecule has 0 amide bonds. The zero-order chi connectivity index (χ0) is 15.5. The smallest absolute Gasteiger partial charge is 0.293 e. The molecule has 22 heavy (non-hydrogen) atoms. The van der Waals surface area contributed by atoms with Crippen molar-refractivity contribution in [3.63, 3.8) is 0 Å². The number of hydrogen-bond donors (Lipinski definition) is 2. The SMILES string of the molecule is CCn1ccnc(NCC(=O)c2c[nH]c3ccccc23)c1=O. The van der Waals surface area contributed by atoms with Crippen LogP contribution in [0.25, 0.3) is 10.9 Å². The van der Waals surface area contributed by atoms with Gasteiger partial charge >= 0.3 is 0 Å². The molecule has 0 aliphatic carbocycles. The molecule has 112 valence electrons. The summed E-state index contributed by atoms with van der Waals surface area (Å²) >= 11 is 0. The third-order valence-corrected chi connectivity index (χ3v) is 3.56. The van der Waals surface area contributed by atoms with Crippen molar-refractivity contribution in [3.05, 3.63) is 58.8 Å². The van der Waals surface area contributed by atoms with Gasteiger partial charge in [-0.25, -0.2) is 4.98 Å². The molecule has 0 aliphatic rings. The number of anilines is 1. The van der Waals surface area contributed by atoms with Crippen LogP contribution in [0.5, 0.6) is 0 Å². The van der Waals surface area contributed by atoms with E-state index in [1.54, 1.807) is 18.6 Å². The van der Waals surface area contributed by atoms with Crippen molar-refractivity contribution in [2.45, 2.75) is 13.5 Å². The predicted molar refractivity (Wildman–Crippen MR) is 85.3 cm³/mol. The van der Waals surface area contributed by atoms with Gasteiger partial charge in [-0.3, -0.25) is 9.59 Å². The molecule has 0 aliphatic heterocycles. The Morgan fingerprint density at radius 1 is 1.36 bits per heavy atom. The first kappa shape index (κ1) is 14.1. The molecule has 0 radical (unpaired) electrons. The first-order chi connectivity index (χ1) is 10.7. The van der Waals surface area contributed by atoms with Crippen LogP contribution in [0.2, 0.25) is 0 Å². The Morgan fingerprint density at radius 3 is 3.00 bits per heavy atom. The summed E-state index contributed by atoms with van der Waals surface area (Å²) in [6.07, 6.45) is 4.86. The standard InChI is InChI=1S/C16H16N4O2/c1-2-20-8-7-17-15(16(20)22)19-10-14(21)12-9-18-13-6-4-3-5-11(12)13/h3-9,18H,2,10H2,1H3,(H,17,19). The number of Topliss-reactive ketones (excluding diaryl/α,β-unsaturated/α-hetero) is 1. The number of benzene rings is 1. The molecule has 2 heterocycles. The quantitative estimate of drug-likeness (QED) is 0.706. The Hall–Kier alpha value is -2.89. The maximum Gasteiger partial charge on any atom is 0.293 e. The van der Waals surface area contributed by atoms with Crippen LogP contribution >= 0.6 is 0 Å². The first-order valence-electron chi connectivity index (χ1n) is 7.09. The zero-order valence-electron chi connectivity index (χ0n) is 12.2. The molecule has 0 spiro atoms. The molecule has 0 saturated heterocycles. The minimum atomic E-state index is -0.225. The molecular formula is C16H16N4O2. The van der Waals surface area contributed by atoms with Gasteiger partial charge in [-0.05, 0) is 13.0 Å². The van der Waals surface area contributed by atoms with Gasteiger partial charge in [-0.2, -0.15) is 0 Å². The zero-order valence-corrected chi connectivity index (χ0v) is 12.2. The van der Waals surface area contributed by atoms with Crippen molar-refractivity contribution >= 4 is 22.5 Å². The van der Waals surface area contributed by atoms with E-state index in [1.807, 2.05) is 31.2 Å². The Bertz CT molecular complexity index is 879. The highest BCUT2D eigenvalue weighted by Gasteiger charge is 2.12. The maximum atomic E-state index is 12.3. The number of hydrogen-bond acceptors (Lipinski definition) is 4. The van der Waals surface area contributed by atoms with Crippen molar-refractivity contribution in [1.82, 2.24) is 14.5 Å². The van der Waals surface area contributed by atoms with Gasteiger partial charge in [0.25, 0.3) is 5.56 Å². The van der Waals surface area contributed by atoms with Crippen LogP contribution in [0.4, 0.5) is 5.82 Å². The summed E-state index contributed by atoms with van der Waals surface area (Å²) in [4.78, 5) is 31.4. The third-order valence-electron chi connectivity index (χ3n) is 3.56. The van der Waals surface area contributed by atoms with Gasteiger partial charge in [0, 0.05) is 41.6 Å². The van der Waals surface area contributed by atoms with E-state index in [-0.39, 0.29) is 23.7 Å². The average molecular weight is 296 g/mol. The fraction of sp³-hybridized carbons (Fsp3) is 0.188. The molecular weight excluding hydrogens is 280 g/mol. The number of nitrogens with one attached hydrogen (secondary N) is 2. The predicted octanol–water partition coefficient (Wildman–Crippen LogP) is 2.04. The monoisotopic (exact) mass is 296 g/mol. The van der Waals surface area contributed by atoms with Crippen LogP contribution in [-0.4, -0.2) is 26.9 Å². The molecule has 0 atom stereocenters. The van der Waals surface area contributed by atoms with Gasteiger partial charge < -0.3 is 14.9 Å². The Balaban J connectivity index is 1.80. The van der Waals surface area contributed by atoms with E-state index in [9.17, 15) is 9.59 Å². The fourth-order valence-corrected chi connectivity index (χ4v) is 2.38. The highest BCUT2D eigenvalue weighted by molar-refractivity contribution is 6.09. The highest BCUT2D eigenvalue weighted by atomic mass is 16.1. The molecule has 2 aromatic heterocycles. The van der Waals surface area contributed by atoms with Crippen molar-refractivity contribution < 1.29 is 4.79 Å². The molecule has 0 bridgehead atoms. The lowest BCUT2D eigenvalue weighted by Crippen LogP contribution is -2.26. The molecule has 6 heteroatoms. The highest BCUT2D eigenvalue weighted by Crippen LogP contribution is 2.18. The first-order valence-corrected chi connectivity index (χ1v) is 7.09. The van der Waals surface area contributed by atoms with E-state index < -0.39 is 0 Å². The summed E-state index contributed by atoms with van der Waals surface area (Å²) in [5, 5.41) is 3.71. The van der Waals surface area contributed by atoms with E-state index in [2.05, 4.69) is 15.3 Å². The minimum absolute atomic E-state index is 0.0256. The van der Waals surface area contributed by atoms with Gasteiger partial charge in [-0.15, -0.1) is 0 Å². The second kappa shape index (κ2) is 5.85. The van der Waals surface area contributed by atoms with Gasteiger partial charge in [0.1, 0.15) is 0 Å². The van der Waals surface area contributed by atoms with Crippen LogP contribution in [-0.2, 0) is 6.54 Å². The van der Waals surface area contributed by atoms with Crippen molar-refractivity contribution in [2.75, 3.05) is 11.9 Å². The van der Waals surface area contributed by atoms with Crippen LogP contribution < -0.4 is 10.9 Å². The van der Waals surface area contributed by atoms with Gasteiger partial charge in [0.2, 0.25) is 0 Å². The molecule has 0 saturated carbocycles. The number of carbonyl (C=O) groups is 1. The Kier molecular flexibility index (Phi) is 3.74. The van der Waals surface area contributed by atoms with Crippen LogP contribution in [0.1, 0.15) is 17.3 Å². The fourth-order valence-electron chi connectivity index (χ4n) is 2.38. The minimum Gasteiger partial charge on any atom is -0.360 e.